The first kappa shape index (κ1) is 23.0. The molecule has 2 aromatic carbocycles. The van der Waals surface area contributed by atoms with Crippen LogP contribution in [0.5, 0.6) is 0 Å². The van der Waals surface area contributed by atoms with Crippen molar-refractivity contribution in [2.24, 2.45) is 11.8 Å². The number of piperidine rings is 2. The molecule has 30 heavy (non-hydrogen) atoms. The number of benzene rings is 2. The lowest BCUT2D eigenvalue weighted by molar-refractivity contribution is 0.0319. The molecule has 0 aliphatic carbocycles. The molecule has 2 aromatic rings. The summed E-state index contributed by atoms with van der Waals surface area (Å²) < 4.78 is 0. The standard InChI is InChI=1S/2C13H19NO/c2*1-11-9-14(8-7-13(11)15)10-12-5-3-2-4-6-12/h2*2-6,11,13,15H,7-10H2,1H3/t2*11-,13-/m10/s1. The van der Waals surface area contributed by atoms with E-state index in [4.69, 9.17) is 0 Å². The third-order valence-corrected chi connectivity index (χ3v) is 6.39. The summed E-state index contributed by atoms with van der Waals surface area (Å²) in [5.41, 5.74) is 2.72. The summed E-state index contributed by atoms with van der Waals surface area (Å²) in [6.07, 6.45) is 1.62. The summed E-state index contributed by atoms with van der Waals surface area (Å²) in [4.78, 5) is 4.85. The average molecular weight is 411 g/mol. The molecule has 2 fully saturated rings. The van der Waals surface area contributed by atoms with Crippen molar-refractivity contribution in [2.45, 2.75) is 52.0 Å². The maximum atomic E-state index is 9.63. The van der Waals surface area contributed by atoms with Gasteiger partial charge in [0.1, 0.15) is 0 Å². The monoisotopic (exact) mass is 410 g/mol. The van der Waals surface area contributed by atoms with Gasteiger partial charge in [-0.15, -0.1) is 0 Å². The molecule has 2 saturated heterocycles. The largest absolute Gasteiger partial charge is 0.393 e. The SMILES string of the molecule is C[C@@H]1CN(Cc2ccccc2)CC[C@H]1O.C[C@H]1CN(Cc2ccccc2)CC[C@@H]1O. The minimum absolute atomic E-state index is 0.1000. The zero-order valence-corrected chi connectivity index (χ0v) is 18.5. The molecule has 2 N–H and O–H groups in total. The molecule has 4 nitrogen and oxygen atoms in total. The molecule has 0 unspecified atom stereocenters. The van der Waals surface area contributed by atoms with Crippen LogP contribution in [-0.2, 0) is 13.1 Å². The number of hydrogen-bond donors (Lipinski definition) is 2. The fourth-order valence-corrected chi connectivity index (χ4v) is 4.41. The summed E-state index contributed by atoms with van der Waals surface area (Å²) in [6.45, 7) is 10.3. The molecule has 4 atom stereocenters. The van der Waals surface area contributed by atoms with Crippen molar-refractivity contribution in [3.63, 3.8) is 0 Å². The molecule has 2 aliphatic heterocycles. The summed E-state index contributed by atoms with van der Waals surface area (Å²) in [5, 5.41) is 19.3. The average Bonchev–Trinajstić information content (AvgIpc) is 2.75. The van der Waals surface area contributed by atoms with Crippen LogP contribution >= 0.6 is 0 Å². The number of likely N-dealkylation sites (tertiary alicyclic amines) is 2. The number of aliphatic hydroxyl groups excluding tert-OH is 2. The van der Waals surface area contributed by atoms with E-state index in [9.17, 15) is 10.2 Å². The smallest absolute Gasteiger partial charge is 0.0590 e. The van der Waals surface area contributed by atoms with E-state index in [2.05, 4.69) is 72.2 Å². The van der Waals surface area contributed by atoms with Crippen LogP contribution in [0.3, 0.4) is 0 Å². The number of nitrogens with zero attached hydrogens (tertiary/aromatic N) is 2. The minimum atomic E-state index is -0.1000. The maximum absolute atomic E-state index is 9.63. The van der Waals surface area contributed by atoms with Gasteiger partial charge < -0.3 is 10.2 Å². The Morgan fingerprint density at radius 1 is 0.667 bits per heavy atom. The number of aliphatic hydroxyl groups is 2. The van der Waals surface area contributed by atoms with Gasteiger partial charge in [-0.3, -0.25) is 9.80 Å². The molecule has 0 aromatic heterocycles. The first-order valence-corrected chi connectivity index (χ1v) is 11.4. The lowest BCUT2D eigenvalue weighted by Gasteiger charge is -2.34. The van der Waals surface area contributed by atoms with Crippen LogP contribution in [0.25, 0.3) is 0 Å². The predicted octanol–water partition coefficient (Wildman–Crippen LogP) is 3.78. The molecule has 2 heterocycles. The Balaban J connectivity index is 0.000000171. The minimum Gasteiger partial charge on any atom is -0.393 e. The summed E-state index contributed by atoms with van der Waals surface area (Å²) in [5.74, 6) is 0.810. The first-order chi connectivity index (χ1) is 14.5. The Morgan fingerprint density at radius 3 is 1.37 bits per heavy atom. The molecule has 4 rings (SSSR count). The summed E-state index contributed by atoms with van der Waals surface area (Å²) >= 11 is 0. The molecule has 0 radical (unpaired) electrons. The summed E-state index contributed by atoms with van der Waals surface area (Å²) in [6, 6.07) is 21.1. The first-order valence-electron chi connectivity index (χ1n) is 11.4. The third-order valence-electron chi connectivity index (χ3n) is 6.39. The molecule has 4 heteroatoms. The lowest BCUT2D eigenvalue weighted by atomic mass is 9.96. The predicted molar refractivity (Wildman–Crippen MR) is 123 cm³/mol. The van der Waals surface area contributed by atoms with E-state index in [1.165, 1.54) is 11.1 Å². The zero-order chi connectivity index (χ0) is 21.3. The van der Waals surface area contributed by atoms with E-state index in [1.807, 2.05) is 12.1 Å². The van der Waals surface area contributed by atoms with Gasteiger partial charge in [-0.1, -0.05) is 74.5 Å². The molecule has 0 amide bonds. The van der Waals surface area contributed by atoms with Crippen LogP contribution < -0.4 is 0 Å². The number of rotatable bonds is 4. The fourth-order valence-electron chi connectivity index (χ4n) is 4.41. The van der Waals surface area contributed by atoms with Crippen molar-refractivity contribution in [2.75, 3.05) is 26.2 Å². The van der Waals surface area contributed by atoms with Crippen LogP contribution in [0.15, 0.2) is 60.7 Å². The van der Waals surface area contributed by atoms with Crippen LogP contribution in [0, 0.1) is 11.8 Å². The Bertz CT molecular complexity index is 661. The highest BCUT2D eigenvalue weighted by molar-refractivity contribution is 5.15. The molecular weight excluding hydrogens is 372 g/mol. The van der Waals surface area contributed by atoms with Gasteiger partial charge in [-0.2, -0.15) is 0 Å². The maximum Gasteiger partial charge on any atom is 0.0590 e. The van der Waals surface area contributed by atoms with Gasteiger partial charge in [0.05, 0.1) is 12.2 Å². The highest BCUT2D eigenvalue weighted by Crippen LogP contribution is 2.19. The zero-order valence-electron chi connectivity index (χ0n) is 18.5. The Labute approximate surface area is 182 Å². The van der Waals surface area contributed by atoms with Crippen molar-refractivity contribution >= 4 is 0 Å². The third kappa shape index (κ3) is 7.21. The molecule has 0 bridgehead atoms. The molecule has 0 spiro atoms. The van der Waals surface area contributed by atoms with Crippen molar-refractivity contribution in [3.8, 4) is 0 Å². The molecule has 164 valence electrons. The van der Waals surface area contributed by atoms with Gasteiger partial charge in [0, 0.05) is 39.3 Å². The molecule has 0 saturated carbocycles. The van der Waals surface area contributed by atoms with Crippen molar-refractivity contribution in [1.82, 2.24) is 9.80 Å². The second-order valence-corrected chi connectivity index (χ2v) is 9.11. The van der Waals surface area contributed by atoms with Gasteiger partial charge in [0.2, 0.25) is 0 Å². The van der Waals surface area contributed by atoms with Crippen LogP contribution in [0.4, 0.5) is 0 Å². The van der Waals surface area contributed by atoms with E-state index < -0.39 is 0 Å². The number of hydrogen-bond acceptors (Lipinski definition) is 4. The second kappa shape index (κ2) is 11.6. The van der Waals surface area contributed by atoms with Crippen molar-refractivity contribution in [3.05, 3.63) is 71.8 Å². The van der Waals surface area contributed by atoms with E-state index in [0.29, 0.717) is 11.8 Å². The van der Waals surface area contributed by atoms with E-state index in [-0.39, 0.29) is 12.2 Å². The highest BCUT2D eigenvalue weighted by Gasteiger charge is 2.24. The van der Waals surface area contributed by atoms with E-state index >= 15 is 0 Å². The van der Waals surface area contributed by atoms with Crippen LogP contribution in [-0.4, -0.2) is 58.4 Å². The van der Waals surface area contributed by atoms with Gasteiger partial charge >= 0.3 is 0 Å². The fraction of sp³-hybridized carbons (Fsp3) is 0.538. The van der Waals surface area contributed by atoms with E-state index in [1.54, 1.807) is 0 Å². The highest BCUT2D eigenvalue weighted by atomic mass is 16.3. The topological polar surface area (TPSA) is 46.9 Å². The van der Waals surface area contributed by atoms with Gasteiger partial charge in [-0.05, 0) is 35.8 Å². The molecular formula is C26H38N2O2. The van der Waals surface area contributed by atoms with Crippen LogP contribution in [0.1, 0.15) is 37.8 Å². The van der Waals surface area contributed by atoms with Gasteiger partial charge in [0.25, 0.3) is 0 Å². The molecule has 2 aliphatic rings. The van der Waals surface area contributed by atoms with Crippen molar-refractivity contribution < 1.29 is 10.2 Å². The quantitative estimate of drug-likeness (QED) is 0.805. The van der Waals surface area contributed by atoms with Gasteiger partial charge in [-0.25, -0.2) is 0 Å². The Morgan fingerprint density at radius 2 is 1.03 bits per heavy atom. The second-order valence-electron chi connectivity index (χ2n) is 9.11. The van der Waals surface area contributed by atoms with E-state index in [0.717, 1.165) is 52.1 Å². The lowest BCUT2D eigenvalue weighted by Crippen LogP contribution is -2.41. The van der Waals surface area contributed by atoms with Gasteiger partial charge in [0.15, 0.2) is 0 Å². The summed E-state index contributed by atoms with van der Waals surface area (Å²) in [7, 11) is 0. The normalized spacial score (nSPS) is 27.9. The van der Waals surface area contributed by atoms with Crippen molar-refractivity contribution in [1.29, 1.82) is 0 Å². The Hall–Kier alpha value is -1.72. The Kier molecular flexibility index (Phi) is 8.88. The van der Waals surface area contributed by atoms with Crippen LogP contribution in [0.2, 0.25) is 0 Å².